The van der Waals surface area contributed by atoms with Crippen LogP contribution in [-0.2, 0) is 4.79 Å². The van der Waals surface area contributed by atoms with E-state index in [0.717, 1.165) is 31.3 Å². The highest BCUT2D eigenvalue weighted by Crippen LogP contribution is 2.24. The van der Waals surface area contributed by atoms with E-state index < -0.39 is 0 Å². The summed E-state index contributed by atoms with van der Waals surface area (Å²) in [4.78, 5) is 14.4. The van der Waals surface area contributed by atoms with E-state index in [0.29, 0.717) is 12.6 Å². The smallest absolute Gasteiger partial charge is 0.234 e. The lowest BCUT2D eigenvalue weighted by Gasteiger charge is -2.24. The molecule has 1 aromatic rings. The summed E-state index contributed by atoms with van der Waals surface area (Å²) in [5, 5.41) is 6.55. The third-order valence-electron chi connectivity index (χ3n) is 4.39. The molecule has 0 aromatic carbocycles. The maximum Gasteiger partial charge on any atom is 0.234 e. The zero-order chi connectivity index (χ0) is 13.9. The minimum Gasteiger partial charge on any atom is -0.467 e. The normalized spacial score (nSPS) is 28.1. The molecule has 5 heteroatoms. The maximum atomic E-state index is 12.1. The lowest BCUT2D eigenvalue weighted by Crippen LogP contribution is -2.41. The minimum atomic E-state index is -0.0690. The minimum absolute atomic E-state index is 0.0690. The van der Waals surface area contributed by atoms with Crippen LogP contribution in [0.1, 0.15) is 31.6 Å². The third-order valence-corrected chi connectivity index (χ3v) is 4.39. The molecule has 0 saturated carbocycles. The zero-order valence-corrected chi connectivity index (χ0v) is 12.0. The van der Waals surface area contributed by atoms with Gasteiger partial charge in [-0.3, -0.25) is 9.69 Å². The molecular weight excluding hydrogens is 254 g/mol. The topological polar surface area (TPSA) is 57.5 Å². The highest BCUT2D eigenvalue weighted by molar-refractivity contribution is 5.78. The fourth-order valence-corrected chi connectivity index (χ4v) is 3.36. The molecule has 2 aliphatic heterocycles. The van der Waals surface area contributed by atoms with Crippen LogP contribution in [0.15, 0.2) is 22.8 Å². The molecule has 3 rings (SSSR count). The Kier molecular flexibility index (Phi) is 4.08. The number of fused-ring (bicyclic) bond motifs is 1. The van der Waals surface area contributed by atoms with Crippen molar-refractivity contribution in [1.82, 2.24) is 15.5 Å². The Bertz CT molecular complexity index is 432. The lowest BCUT2D eigenvalue weighted by atomic mass is 9.94. The van der Waals surface area contributed by atoms with E-state index in [9.17, 15) is 4.79 Å². The number of likely N-dealkylation sites (tertiary alicyclic amines) is 1. The lowest BCUT2D eigenvalue weighted by molar-refractivity contribution is -0.122. The van der Waals surface area contributed by atoms with Crippen LogP contribution in [0.25, 0.3) is 0 Å². The summed E-state index contributed by atoms with van der Waals surface area (Å²) in [6.45, 7) is 5.59. The number of hydrogen-bond acceptors (Lipinski definition) is 4. The van der Waals surface area contributed by atoms with Crippen LogP contribution in [-0.4, -0.2) is 43.0 Å². The quantitative estimate of drug-likeness (QED) is 0.866. The summed E-state index contributed by atoms with van der Waals surface area (Å²) in [7, 11) is 0. The van der Waals surface area contributed by atoms with Crippen molar-refractivity contribution in [3.8, 4) is 0 Å². The van der Waals surface area contributed by atoms with E-state index in [1.54, 1.807) is 6.26 Å². The van der Waals surface area contributed by atoms with Gasteiger partial charge in [0.2, 0.25) is 5.91 Å². The van der Waals surface area contributed by atoms with Gasteiger partial charge in [0.05, 0.1) is 18.8 Å². The van der Waals surface area contributed by atoms with E-state index in [4.69, 9.17) is 4.42 Å². The number of rotatable bonds is 4. The summed E-state index contributed by atoms with van der Waals surface area (Å²) in [6, 6.07) is 4.24. The van der Waals surface area contributed by atoms with Crippen molar-refractivity contribution < 1.29 is 9.21 Å². The molecule has 0 bridgehead atoms. The first-order chi connectivity index (χ1) is 9.72. The van der Waals surface area contributed by atoms with Gasteiger partial charge in [0, 0.05) is 19.1 Å². The Balaban J connectivity index is 1.47. The van der Waals surface area contributed by atoms with Gasteiger partial charge in [0.1, 0.15) is 5.76 Å². The number of amides is 1. The second-order valence-electron chi connectivity index (χ2n) is 5.96. The fraction of sp³-hybridized carbons (Fsp3) is 0.667. The molecule has 0 spiro atoms. The van der Waals surface area contributed by atoms with Gasteiger partial charge in [-0.05, 0) is 44.4 Å². The van der Waals surface area contributed by atoms with E-state index in [1.807, 2.05) is 19.1 Å². The van der Waals surface area contributed by atoms with Crippen molar-refractivity contribution in [2.45, 2.75) is 31.8 Å². The first-order valence-corrected chi connectivity index (χ1v) is 7.51. The van der Waals surface area contributed by atoms with Crippen LogP contribution in [0, 0.1) is 5.92 Å². The van der Waals surface area contributed by atoms with Crippen molar-refractivity contribution in [3.63, 3.8) is 0 Å². The third kappa shape index (κ3) is 3.04. The Morgan fingerprint density at radius 1 is 1.60 bits per heavy atom. The summed E-state index contributed by atoms with van der Waals surface area (Å²) < 4.78 is 5.30. The van der Waals surface area contributed by atoms with Crippen LogP contribution in [0.4, 0.5) is 0 Å². The highest BCUT2D eigenvalue weighted by Gasteiger charge is 2.34. The fourth-order valence-electron chi connectivity index (χ4n) is 3.36. The van der Waals surface area contributed by atoms with Crippen LogP contribution in [0.5, 0.6) is 0 Å². The molecule has 2 aliphatic rings. The first-order valence-electron chi connectivity index (χ1n) is 7.51. The number of hydrogen-bond donors (Lipinski definition) is 2. The van der Waals surface area contributed by atoms with Gasteiger partial charge in [0.25, 0.3) is 0 Å². The molecule has 2 saturated heterocycles. The predicted molar refractivity (Wildman–Crippen MR) is 76.2 cm³/mol. The number of carbonyl (C=O) groups is 1. The number of carbonyl (C=O) groups excluding carboxylic acids is 1. The monoisotopic (exact) mass is 277 g/mol. The average molecular weight is 277 g/mol. The molecule has 1 aromatic heterocycles. The molecule has 3 atom stereocenters. The molecule has 3 unspecified atom stereocenters. The van der Waals surface area contributed by atoms with Crippen LogP contribution >= 0.6 is 0 Å². The first kappa shape index (κ1) is 13.6. The molecule has 2 fully saturated rings. The second-order valence-corrected chi connectivity index (χ2v) is 5.96. The standard InChI is InChI=1S/C15H23N3O2/c1-11(14-5-3-7-20-14)17-15(19)10-18-8-12-4-2-6-16-13(12)9-18/h3,5,7,11-13,16H,2,4,6,8-10H2,1H3,(H,17,19). The van der Waals surface area contributed by atoms with E-state index in [1.165, 1.54) is 12.8 Å². The van der Waals surface area contributed by atoms with E-state index in [2.05, 4.69) is 15.5 Å². The molecule has 5 nitrogen and oxygen atoms in total. The van der Waals surface area contributed by atoms with Gasteiger partial charge in [-0.2, -0.15) is 0 Å². The molecule has 1 amide bonds. The molecule has 0 radical (unpaired) electrons. The van der Waals surface area contributed by atoms with Crippen LogP contribution in [0.3, 0.4) is 0 Å². The molecule has 20 heavy (non-hydrogen) atoms. The van der Waals surface area contributed by atoms with Crippen molar-refractivity contribution in [3.05, 3.63) is 24.2 Å². The molecular formula is C15H23N3O2. The van der Waals surface area contributed by atoms with Gasteiger partial charge in [0.15, 0.2) is 0 Å². The highest BCUT2D eigenvalue weighted by atomic mass is 16.3. The van der Waals surface area contributed by atoms with Gasteiger partial charge >= 0.3 is 0 Å². The van der Waals surface area contributed by atoms with Crippen LogP contribution < -0.4 is 10.6 Å². The second kappa shape index (κ2) is 5.97. The van der Waals surface area contributed by atoms with Gasteiger partial charge in [-0.1, -0.05) is 0 Å². The summed E-state index contributed by atoms with van der Waals surface area (Å²) in [6.07, 6.45) is 4.18. The molecule has 3 heterocycles. The summed E-state index contributed by atoms with van der Waals surface area (Å²) in [5.41, 5.74) is 0. The average Bonchev–Trinajstić information content (AvgIpc) is 3.07. The van der Waals surface area contributed by atoms with Crippen molar-refractivity contribution in [1.29, 1.82) is 0 Å². The van der Waals surface area contributed by atoms with Gasteiger partial charge in [-0.25, -0.2) is 0 Å². The Hall–Kier alpha value is -1.33. The van der Waals surface area contributed by atoms with E-state index >= 15 is 0 Å². The van der Waals surface area contributed by atoms with Crippen molar-refractivity contribution >= 4 is 5.91 Å². The Labute approximate surface area is 119 Å². The Morgan fingerprint density at radius 3 is 3.25 bits per heavy atom. The largest absolute Gasteiger partial charge is 0.467 e. The zero-order valence-electron chi connectivity index (χ0n) is 12.0. The molecule has 0 aliphatic carbocycles. The number of nitrogens with one attached hydrogen (secondary N) is 2. The number of furan rings is 1. The SMILES string of the molecule is CC(NC(=O)CN1CC2CCCNC2C1)c1ccco1. The predicted octanol–water partition coefficient (Wildman–Crippen LogP) is 1.14. The number of nitrogens with zero attached hydrogens (tertiary/aromatic N) is 1. The number of piperidine rings is 1. The Morgan fingerprint density at radius 2 is 2.50 bits per heavy atom. The van der Waals surface area contributed by atoms with E-state index in [-0.39, 0.29) is 11.9 Å². The van der Waals surface area contributed by atoms with Gasteiger partial charge < -0.3 is 15.1 Å². The van der Waals surface area contributed by atoms with Crippen molar-refractivity contribution in [2.75, 3.05) is 26.2 Å². The summed E-state index contributed by atoms with van der Waals surface area (Å²) in [5.74, 6) is 1.60. The van der Waals surface area contributed by atoms with Gasteiger partial charge in [-0.15, -0.1) is 0 Å². The molecule has 110 valence electrons. The van der Waals surface area contributed by atoms with Crippen molar-refractivity contribution in [2.24, 2.45) is 5.92 Å². The van der Waals surface area contributed by atoms with Crippen LogP contribution in [0.2, 0.25) is 0 Å². The molecule has 2 N–H and O–H groups in total. The summed E-state index contributed by atoms with van der Waals surface area (Å²) >= 11 is 0. The maximum absolute atomic E-state index is 12.1.